The molecule has 0 spiro atoms. The molecule has 1 N–H and O–H groups in total. The highest BCUT2D eigenvalue weighted by molar-refractivity contribution is 5.29. The van der Waals surface area contributed by atoms with Gasteiger partial charge in [0.2, 0.25) is 0 Å². The third kappa shape index (κ3) is 5.30. The average Bonchev–Trinajstić information content (AvgIpc) is 2.51. The SMILES string of the molecule is CCCNC(C)c1ccc(OCC2CN(C)CCO2)cc1. The molecule has 0 saturated carbocycles. The quantitative estimate of drug-likeness (QED) is 0.837. The smallest absolute Gasteiger partial charge is 0.119 e. The lowest BCUT2D eigenvalue weighted by atomic mass is 10.1. The molecule has 21 heavy (non-hydrogen) atoms. The fraction of sp³-hybridized carbons (Fsp3) is 0.647. The second-order valence-corrected chi connectivity index (χ2v) is 5.81. The van der Waals surface area contributed by atoms with E-state index < -0.39 is 0 Å². The first-order chi connectivity index (χ1) is 10.2. The van der Waals surface area contributed by atoms with Gasteiger partial charge in [-0.25, -0.2) is 0 Å². The maximum absolute atomic E-state index is 5.84. The molecule has 2 atom stereocenters. The zero-order valence-corrected chi connectivity index (χ0v) is 13.5. The second kappa shape index (κ2) is 8.37. The number of hydrogen-bond donors (Lipinski definition) is 1. The van der Waals surface area contributed by atoms with Crippen molar-refractivity contribution in [2.75, 3.05) is 39.9 Å². The van der Waals surface area contributed by atoms with E-state index in [0.29, 0.717) is 12.6 Å². The normalized spacial score (nSPS) is 21.2. The topological polar surface area (TPSA) is 33.7 Å². The van der Waals surface area contributed by atoms with Crippen LogP contribution >= 0.6 is 0 Å². The van der Waals surface area contributed by atoms with E-state index in [1.54, 1.807) is 0 Å². The van der Waals surface area contributed by atoms with Gasteiger partial charge in [-0.1, -0.05) is 19.1 Å². The van der Waals surface area contributed by atoms with Crippen molar-refractivity contribution in [2.24, 2.45) is 0 Å². The van der Waals surface area contributed by atoms with Crippen LogP contribution in [0.25, 0.3) is 0 Å². The Bertz CT molecular complexity index is 408. The van der Waals surface area contributed by atoms with Crippen LogP contribution in [0.2, 0.25) is 0 Å². The van der Waals surface area contributed by atoms with E-state index in [4.69, 9.17) is 9.47 Å². The molecule has 1 aromatic rings. The first-order valence-electron chi connectivity index (χ1n) is 7.95. The lowest BCUT2D eigenvalue weighted by Crippen LogP contribution is -2.42. The summed E-state index contributed by atoms with van der Waals surface area (Å²) in [5, 5.41) is 3.49. The lowest BCUT2D eigenvalue weighted by Gasteiger charge is -2.29. The largest absolute Gasteiger partial charge is 0.491 e. The van der Waals surface area contributed by atoms with Gasteiger partial charge in [0.1, 0.15) is 18.5 Å². The molecule has 0 aromatic heterocycles. The van der Waals surface area contributed by atoms with Gasteiger partial charge in [-0.3, -0.25) is 0 Å². The molecule has 1 aromatic carbocycles. The zero-order valence-electron chi connectivity index (χ0n) is 13.5. The Morgan fingerprint density at radius 1 is 1.38 bits per heavy atom. The number of nitrogens with one attached hydrogen (secondary N) is 1. The highest BCUT2D eigenvalue weighted by Crippen LogP contribution is 2.18. The molecule has 1 saturated heterocycles. The first-order valence-corrected chi connectivity index (χ1v) is 7.95. The van der Waals surface area contributed by atoms with Crippen molar-refractivity contribution in [1.82, 2.24) is 10.2 Å². The van der Waals surface area contributed by atoms with Crippen molar-refractivity contribution < 1.29 is 9.47 Å². The summed E-state index contributed by atoms with van der Waals surface area (Å²) in [5.41, 5.74) is 1.30. The van der Waals surface area contributed by atoms with Gasteiger partial charge in [0.05, 0.1) is 6.61 Å². The van der Waals surface area contributed by atoms with Gasteiger partial charge in [-0.05, 0) is 44.6 Å². The first kappa shape index (κ1) is 16.3. The summed E-state index contributed by atoms with van der Waals surface area (Å²) in [6, 6.07) is 8.75. The van der Waals surface area contributed by atoms with Crippen LogP contribution in [0, 0.1) is 0 Å². The van der Waals surface area contributed by atoms with Crippen LogP contribution in [0.3, 0.4) is 0 Å². The van der Waals surface area contributed by atoms with E-state index in [1.165, 1.54) is 5.56 Å². The molecule has 0 amide bonds. The molecule has 1 heterocycles. The Hall–Kier alpha value is -1.10. The molecule has 0 radical (unpaired) electrons. The van der Waals surface area contributed by atoms with Crippen LogP contribution in [0.4, 0.5) is 0 Å². The van der Waals surface area contributed by atoms with Crippen LogP contribution in [-0.4, -0.2) is 50.9 Å². The maximum atomic E-state index is 5.84. The van der Waals surface area contributed by atoms with Crippen LogP contribution in [-0.2, 0) is 4.74 Å². The van der Waals surface area contributed by atoms with Crippen LogP contribution in [0.15, 0.2) is 24.3 Å². The van der Waals surface area contributed by atoms with Crippen molar-refractivity contribution >= 4 is 0 Å². The Morgan fingerprint density at radius 2 is 2.14 bits per heavy atom. The number of morpholine rings is 1. The number of benzene rings is 1. The molecule has 118 valence electrons. The van der Waals surface area contributed by atoms with Gasteiger partial charge >= 0.3 is 0 Å². The van der Waals surface area contributed by atoms with Crippen molar-refractivity contribution in [3.05, 3.63) is 29.8 Å². The number of hydrogen-bond acceptors (Lipinski definition) is 4. The number of nitrogens with zero attached hydrogens (tertiary/aromatic N) is 1. The van der Waals surface area contributed by atoms with Crippen molar-refractivity contribution in [3.8, 4) is 5.75 Å². The summed E-state index contributed by atoms with van der Waals surface area (Å²) in [6.07, 6.45) is 1.33. The van der Waals surface area contributed by atoms with Crippen molar-refractivity contribution in [1.29, 1.82) is 0 Å². The minimum Gasteiger partial charge on any atom is -0.491 e. The van der Waals surface area contributed by atoms with E-state index in [9.17, 15) is 0 Å². The van der Waals surface area contributed by atoms with E-state index in [1.807, 2.05) is 12.1 Å². The van der Waals surface area contributed by atoms with E-state index >= 15 is 0 Å². The highest BCUT2D eigenvalue weighted by Gasteiger charge is 2.18. The van der Waals surface area contributed by atoms with Gasteiger partial charge in [-0.15, -0.1) is 0 Å². The summed E-state index contributed by atoms with van der Waals surface area (Å²) in [7, 11) is 2.12. The molecule has 0 aliphatic carbocycles. The van der Waals surface area contributed by atoms with Gasteiger partial charge < -0.3 is 19.7 Å². The molecule has 4 nitrogen and oxygen atoms in total. The standard InChI is InChI=1S/C17H28N2O2/c1-4-9-18-14(2)15-5-7-16(8-6-15)21-13-17-12-19(3)10-11-20-17/h5-8,14,17-18H,4,9-13H2,1-3H3. The maximum Gasteiger partial charge on any atom is 0.119 e. The molecular formula is C17H28N2O2. The molecule has 4 heteroatoms. The molecule has 1 aliphatic rings. The lowest BCUT2D eigenvalue weighted by molar-refractivity contribution is -0.0403. The Kier molecular flexibility index (Phi) is 6.49. The van der Waals surface area contributed by atoms with Crippen molar-refractivity contribution in [2.45, 2.75) is 32.4 Å². The minimum absolute atomic E-state index is 0.175. The monoisotopic (exact) mass is 292 g/mol. The molecular weight excluding hydrogens is 264 g/mol. The number of ether oxygens (including phenoxy) is 2. The van der Waals surface area contributed by atoms with Gasteiger partial charge in [0.15, 0.2) is 0 Å². The van der Waals surface area contributed by atoms with Crippen LogP contribution in [0.5, 0.6) is 5.75 Å². The summed E-state index contributed by atoms with van der Waals surface area (Å²) in [4.78, 5) is 2.28. The van der Waals surface area contributed by atoms with Gasteiger partial charge in [0.25, 0.3) is 0 Å². The average molecular weight is 292 g/mol. The zero-order chi connectivity index (χ0) is 15.1. The molecule has 2 rings (SSSR count). The summed E-state index contributed by atoms with van der Waals surface area (Å²) in [6.45, 7) is 8.78. The summed E-state index contributed by atoms with van der Waals surface area (Å²) >= 11 is 0. The third-order valence-electron chi connectivity index (χ3n) is 3.86. The van der Waals surface area contributed by atoms with E-state index in [2.05, 4.69) is 43.2 Å². The highest BCUT2D eigenvalue weighted by atomic mass is 16.5. The van der Waals surface area contributed by atoms with E-state index in [-0.39, 0.29) is 6.10 Å². The predicted octanol–water partition coefficient (Wildman–Crippen LogP) is 2.46. The van der Waals surface area contributed by atoms with Crippen LogP contribution in [0.1, 0.15) is 31.9 Å². The second-order valence-electron chi connectivity index (χ2n) is 5.81. The third-order valence-corrected chi connectivity index (χ3v) is 3.86. The molecule has 1 aliphatic heterocycles. The fourth-order valence-corrected chi connectivity index (χ4v) is 2.49. The van der Waals surface area contributed by atoms with Gasteiger partial charge in [0, 0.05) is 19.1 Å². The predicted molar refractivity (Wildman–Crippen MR) is 85.9 cm³/mol. The molecule has 1 fully saturated rings. The Labute approximate surface area is 128 Å². The fourth-order valence-electron chi connectivity index (χ4n) is 2.49. The number of likely N-dealkylation sites (N-methyl/N-ethyl adjacent to an activating group) is 1. The van der Waals surface area contributed by atoms with Gasteiger partial charge in [-0.2, -0.15) is 0 Å². The summed E-state index contributed by atoms with van der Waals surface area (Å²) in [5.74, 6) is 0.915. The summed E-state index contributed by atoms with van der Waals surface area (Å²) < 4.78 is 11.5. The van der Waals surface area contributed by atoms with E-state index in [0.717, 1.165) is 38.4 Å². The molecule has 2 unspecified atom stereocenters. The Balaban J connectivity index is 1.79. The number of rotatable bonds is 7. The van der Waals surface area contributed by atoms with Crippen LogP contribution < -0.4 is 10.1 Å². The van der Waals surface area contributed by atoms with Crippen molar-refractivity contribution in [3.63, 3.8) is 0 Å². The molecule has 0 bridgehead atoms. The Morgan fingerprint density at radius 3 is 2.81 bits per heavy atom. The minimum atomic E-state index is 0.175.